The number of hydrogen-bond acceptors (Lipinski definition) is 8. The summed E-state index contributed by atoms with van der Waals surface area (Å²) >= 11 is 6.65. The molecule has 0 aliphatic carbocycles. The predicted molar refractivity (Wildman–Crippen MR) is 120 cm³/mol. The van der Waals surface area contributed by atoms with E-state index in [4.69, 9.17) is 16.3 Å². The molecule has 0 fully saturated rings. The van der Waals surface area contributed by atoms with Gasteiger partial charge in [-0.15, -0.1) is 0 Å². The van der Waals surface area contributed by atoms with Crippen LogP contribution in [0.25, 0.3) is 22.2 Å². The van der Waals surface area contributed by atoms with E-state index in [-0.39, 0.29) is 15.7 Å². The number of nitrogens with zero attached hydrogens (tertiary/aromatic N) is 3. The van der Waals surface area contributed by atoms with E-state index in [1.54, 1.807) is 54.6 Å². The Hall–Kier alpha value is -3.89. The van der Waals surface area contributed by atoms with Gasteiger partial charge in [0.2, 0.25) is 0 Å². The lowest BCUT2D eigenvalue weighted by molar-refractivity contribution is -0.380. The summed E-state index contributed by atoms with van der Waals surface area (Å²) in [6, 6.07) is 15.7. The number of para-hydroxylation sites is 1. The highest BCUT2D eigenvalue weighted by molar-refractivity contribution is 7.18. The highest BCUT2D eigenvalue weighted by atomic mass is 35.5. The van der Waals surface area contributed by atoms with Crippen LogP contribution in [0.2, 0.25) is 5.02 Å². The van der Waals surface area contributed by atoms with Crippen LogP contribution in [0, 0.1) is 10.1 Å². The average molecular weight is 469 g/mol. The number of fused-ring (bicyclic) bond motifs is 1. The molecule has 4 aromatic rings. The van der Waals surface area contributed by atoms with E-state index in [9.17, 15) is 19.7 Å². The fraction of sp³-hybridized carbons (Fsp3) is 0.0476. The second-order valence-corrected chi connectivity index (χ2v) is 7.91. The number of nitro groups is 1. The van der Waals surface area contributed by atoms with E-state index in [1.807, 2.05) is 0 Å². The van der Waals surface area contributed by atoms with Crippen LogP contribution in [0.1, 0.15) is 10.4 Å². The Kier molecular flexibility index (Phi) is 6.06. The minimum atomic E-state index is -0.709. The number of benzene rings is 2. The first kappa shape index (κ1) is 21.3. The lowest BCUT2D eigenvalue weighted by Crippen LogP contribution is -2.21. The van der Waals surface area contributed by atoms with Crippen molar-refractivity contribution in [3.05, 3.63) is 81.5 Å². The van der Waals surface area contributed by atoms with Crippen molar-refractivity contribution in [2.75, 3.05) is 11.9 Å². The zero-order valence-electron chi connectivity index (χ0n) is 16.1. The first-order valence-electron chi connectivity index (χ1n) is 9.13. The van der Waals surface area contributed by atoms with Crippen LogP contribution in [0.3, 0.4) is 0 Å². The lowest BCUT2D eigenvalue weighted by Gasteiger charge is -2.10. The molecule has 1 N–H and O–H groups in total. The van der Waals surface area contributed by atoms with E-state index in [0.717, 1.165) is 11.8 Å². The van der Waals surface area contributed by atoms with E-state index in [0.29, 0.717) is 33.0 Å². The van der Waals surface area contributed by atoms with Gasteiger partial charge in [0.25, 0.3) is 5.91 Å². The van der Waals surface area contributed by atoms with Crippen molar-refractivity contribution >= 4 is 55.8 Å². The first-order chi connectivity index (χ1) is 15.4. The summed E-state index contributed by atoms with van der Waals surface area (Å²) in [6.45, 7) is -0.584. The van der Waals surface area contributed by atoms with Crippen LogP contribution >= 0.6 is 22.9 Å². The number of nitrogens with one attached hydrogen (secondary N) is 1. The summed E-state index contributed by atoms with van der Waals surface area (Å²) in [5.74, 6) is -1.38. The molecule has 0 unspecified atom stereocenters. The van der Waals surface area contributed by atoms with Gasteiger partial charge >= 0.3 is 11.0 Å². The quantitative estimate of drug-likeness (QED) is 0.246. The lowest BCUT2D eigenvalue weighted by atomic mass is 10.0. The fourth-order valence-corrected chi connectivity index (χ4v) is 3.66. The molecule has 0 saturated heterocycles. The largest absolute Gasteiger partial charge is 0.452 e. The van der Waals surface area contributed by atoms with Crippen molar-refractivity contribution in [3.8, 4) is 11.3 Å². The number of rotatable bonds is 6. The Bertz CT molecular complexity index is 1340. The van der Waals surface area contributed by atoms with Gasteiger partial charge < -0.3 is 4.74 Å². The van der Waals surface area contributed by atoms with Crippen LogP contribution in [-0.2, 0) is 9.53 Å². The molecule has 0 spiro atoms. The molecule has 4 rings (SSSR count). The first-order valence-corrected chi connectivity index (χ1v) is 10.3. The summed E-state index contributed by atoms with van der Waals surface area (Å²) < 4.78 is 5.18. The number of aromatic nitrogens is 2. The molecule has 11 heteroatoms. The summed E-state index contributed by atoms with van der Waals surface area (Å²) in [7, 11) is 0. The van der Waals surface area contributed by atoms with E-state index < -0.39 is 23.4 Å². The van der Waals surface area contributed by atoms with Crippen molar-refractivity contribution in [2.24, 2.45) is 0 Å². The minimum Gasteiger partial charge on any atom is -0.452 e. The van der Waals surface area contributed by atoms with E-state index in [2.05, 4.69) is 15.3 Å². The van der Waals surface area contributed by atoms with Gasteiger partial charge in [-0.1, -0.05) is 41.9 Å². The molecule has 0 radical (unpaired) electrons. The van der Waals surface area contributed by atoms with Gasteiger partial charge in [-0.3, -0.25) is 20.2 Å². The van der Waals surface area contributed by atoms with Crippen molar-refractivity contribution < 1.29 is 19.2 Å². The van der Waals surface area contributed by atoms with Gasteiger partial charge in [0.1, 0.15) is 6.20 Å². The van der Waals surface area contributed by atoms with Gasteiger partial charge in [0.05, 0.1) is 21.7 Å². The van der Waals surface area contributed by atoms with Gasteiger partial charge in [-0.25, -0.2) is 14.8 Å². The molecule has 1 amide bonds. The number of carbonyl (C=O) groups is 2. The molecular weight excluding hydrogens is 456 g/mol. The predicted octanol–water partition coefficient (Wildman–Crippen LogP) is 4.72. The van der Waals surface area contributed by atoms with Crippen molar-refractivity contribution in [1.82, 2.24) is 9.97 Å². The highest BCUT2D eigenvalue weighted by Gasteiger charge is 2.18. The molecule has 0 bridgehead atoms. The number of thiazole rings is 1. The molecular formula is C21H13ClN4O5S. The van der Waals surface area contributed by atoms with Gasteiger partial charge in [0, 0.05) is 16.0 Å². The van der Waals surface area contributed by atoms with Crippen LogP contribution < -0.4 is 5.32 Å². The summed E-state index contributed by atoms with van der Waals surface area (Å²) in [5.41, 5.74) is 2.15. The molecule has 160 valence electrons. The van der Waals surface area contributed by atoms with Crippen molar-refractivity contribution in [1.29, 1.82) is 0 Å². The third-order valence-corrected chi connectivity index (χ3v) is 5.45. The number of pyridine rings is 1. The van der Waals surface area contributed by atoms with E-state index in [1.165, 1.54) is 0 Å². The maximum Gasteiger partial charge on any atom is 0.345 e. The van der Waals surface area contributed by atoms with Gasteiger partial charge in [-0.2, -0.15) is 0 Å². The monoisotopic (exact) mass is 468 g/mol. The Morgan fingerprint density at radius 2 is 1.91 bits per heavy atom. The number of amides is 1. The second kappa shape index (κ2) is 9.08. The molecule has 9 nitrogen and oxygen atoms in total. The fourth-order valence-electron chi connectivity index (χ4n) is 2.88. The maximum absolute atomic E-state index is 12.8. The van der Waals surface area contributed by atoms with Crippen LogP contribution in [0.5, 0.6) is 0 Å². The highest BCUT2D eigenvalue weighted by Crippen LogP contribution is 2.27. The minimum absolute atomic E-state index is 0.0390. The molecule has 2 aromatic heterocycles. The third kappa shape index (κ3) is 4.71. The van der Waals surface area contributed by atoms with Crippen LogP contribution in [0.4, 0.5) is 10.1 Å². The molecule has 2 aromatic carbocycles. The molecule has 2 heterocycles. The molecule has 0 aliphatic rings. The smallest absolute Gasteiger partial charge is 0.345 e. The summed E-state index contributed by atoms with van der Waals surface area (Å²) in [4.78, 5) is 43.3. The Morgan fingerprint density at radius 3 is 2.62 bits per heavy atom. The third-order valence-electron chi connectivity index (χ3n) is 4.33. The maximum atomic E-state index is 12.8. The summed E-state index contributed by atoms with van der Waals surface area (Å²) in [5, 5.41) is 14.0. The second-order valence-electron chi connectivity index (χ2n) is 6.46. The van der Waals surface area contributed by atoms with Crippen molar-refractivity contribution in [2.45, 2.75) is 0 Å². The standard InChI is InChI=1S/C21H13ClN4O5S/c22-13-7-5-12(6-8-13)17-9-15(14-3-1-2-4-16(14)24-17)20(28)31-11-18(27)25-21-23-10-19(32-21)26(29)30/h1-10H,11H2,(H,23,25,27). The molecule has 32 heavy (non-hydrogen) atoms. The number of ether oxygens (including phenoxy) is 1. The van der Waals surface area contributed by atoms with Gasteiger partial charge in [-0.05, 0) is 35.6 Å². The Labute approximate surface area is 189 Å². The van der Waals surface area contributed by atoms with Gasteiger partial charge in [0.15, 0.2) is 11.7 Å². The summed E-state index contributed by atoms with van der Waals surface area (Å²) in [6.07, 6.45) is 1.04. The number of halogens is 1. The molecule has 0 atom stereocenters. The number of esters is 1. The zero-order valence-corrected chi connectivity index (χ0v) is 17.7. The molecule has 0 aliphatic heterocycles. The van der Waals surface area contributed by atoms with Crippen LogP contribution in [-0.4, -0.2) is 33.4 Å². The number of carbonyl (C=O) groups excluding carboxylic acids is 2. The molecule has 0 saturated carbocycles. The van der Waals surface area contributed by atoms with Crippen LogP contribution in [0.15, 0.2) is 60.8 Å². The van der Waals surface area contributed by atoms with Crippen molar-refractivity contribution in [3.63, 3.8) is 0 Å². The SMILES string of the molecule is O=C(COC(=O)c1cc(-c2ccc(Cl)cc2)nc2ccccc12)Nc1ncc([N+](=O)[O-])s1. The Balaban J connectivity index is 1.53. The zero-order chi connectivity index (χ0) is 22.7. The number of hydrogen-bond donors (Lipinski definition) is 1. The normalized spacial score (nSPS) is 10.7. The average Bonchev–Trinajstić information content (AvgIpc) is 3.26. The Morgan fingerprint density at radius 1 is 1.16 bits per heavy atom. The topological polar surface area (TPSA) is 124 Å². The van der Waals surface area contributed by atoms with E-state index >= 15 is 0 Å². The number of anilines is 1.